The molecule has 15 heavy (non-hydrogen) atoms. The van der Waals surface area contributed by atoms with Crippen LogP contribution in [-0.4, -0.2) is 14.5 Å². The van der Waals surface area contributed by atoms with Crippen LogP contribution in [0.5, 0.6) is 0 Å². The summed E-state index contributed by atoms with van der Waals surface area (Å²) in [6.07, 6.45) is 5.46. The maximum Gasteiger partial charge on any atom is 0.118 e. The lowest BCUT2D eigenvalue weighted by atomic mass is 10.5. The molecule has 0 aliphatic carbocycles. The minimum absolute atomic E-state index is 0.691. The van der Waals surface area contributed by atoms with Gasteiger partial charge in [0.25, 0.3) is 0 Å². The summed E-state index contributed by atoms with van der Waals surface area (Å²) in [5, 5.41) is 1.54. The van der Waals surface area contributed by atoms with Crippen LogP contribution in [0.25, 0.3) is 0 Å². The van der Waals surface area contributed by atoms with E-state index in [1.807, 2.05) is 29.9 Å². The molecule has 0 aromatic carbocycles. The SMILES string of the molecule is Cn1ccnc1CSc1ncccc1Cl. The Labute approximate surface area is 97.5 Å². The van der Waals surface area contributed by atoms with Crippen LogP contribution in [-0.2, 0) is 12.8 Å². The maximum absolute atomic E-state index is 5.99. The Bertz CT molecular complexity index is 455. The number of hydrogen-bond donors (Lipinski definition) is 0. The molecule has 0 fully saturated rings. The maximum atomic E-state index is 5.99. The fourth-order valence-electron chi connectivity index (χ4n) is 1.15. The van der Waals surface area contributed by atoms with Gasteiger partial charge in [0.05, 0.1) is 10.8 Å². The van der Waals surface area contributed by atoms with E-state index in [0.717, 1.165) is 16.6 Å². The largest absolute Gasteiger partial charge is 0.337 e. The molecule has 0 unspecified atom stereocenters. The second-order valence-corrected chi connectivity index (χ2v) is 4.40. The van der Waals surface area contributed by atoms with E-state index in [4.69, 9.17) is 11.6 Å². The predicted octanol–water partition coefficient (Wildman–Crippen LogP) is 2.76. The van der Waals surface area contributed by atoms with Crippen molar-refractivity contribution < 1.29 is 0 Å². The third-order valence-corrected chi connectivity index (χ3v) is 3.40. The van der Waals surface area contributed by atoms with Gasteiger partial charge >= 0.3 is 0 Å². The molecule has 2 heterocycles. The molecular weight excluding hydrogens is 230 g/mol. The van der Waals surface area contributed by atoms with Crippen LogP contribution in [0.1, 0.15) is 5.82 Å². The summed E-state index contributed by atoms with van der Waals surface area (Å²) in [5.74, 6) is 1.79. The third-order valence-electron chi connectivity index (χ3n) is 1.98. The van der Waals surface area contributed by atoms with Crippen LogP contribution >= 0.6 is 23.4 Å². The summed E-state index contributed by atoms with van der Waals surface area (Å²) in [5.41, 5.74) is 0. The van der Waals surface area contributed by atoms with Crippen LogP contribution in [0.4, 0.5) is 0 Å². The van der Waals surface area contributed by atoms with E-state index in [1.165, 1.54) is 0 Å². The van der Waals surface area contributed by atoms with Crippen molar-refractivity contribution in [2.75, 3.05) is 0 Å². The van der Waals surface area contributed by atoms with Gasteiger partial charge in [-0.1, -0.05) is 23.4 Å². The van der Waals surface area contributed by atoms with Crippen molar-refractivity contribution in [1.82, 2.24) is 14.5 Å². The van der Waals surface area contributed by atoms with Crippen LogP contribution in [0.2, 0.25) is 5.02 Å². The lowest BCUT2D eigenvalue weighted by Crippen LogP contribution is -1.94. The molecule has 0 radical (unpaired) electrons. The molecule has 78 valence electrons. The van der Waals surface area contributed by atoms with Gasteiger partial charge in [-0.25, -0.2) is 9.97 Å². The normalized spacial score (nSPS) is 10.5. The van der Waals surface area contributed by atoms with E-state index in [-0.39, 0.29) is 0 Å². The molecule has 3 nitrogen and oxygen atoms in total. The highest BCUT2D eigenvalue weighted by atomic mass is 35.5. The Hall–Kier alpha value is -1.00. The van der Waals surface area contributed by atoms with Gasteiger partial charge in [-0.15, -0.1) is 0 Å². The molecule has 0 bridgehead atoms. The Kier molecular flexibility index (Phi) is 3.28. The number of thioether (sulfide) groups is 1. The standard InChI is InChI=1S/C10H10ClN3S/c1-14-6-5-12-9(14)7-15-10-8(11)3-2-4-13-10/h2-6H,7H2,1H3. The zero-order valence-electron chi connectivity index (χ0n) is 8.22. The van der Waals surface area contributed by atoms with Crippen LogP contribution in [0, 0.1) is 0 Å². The summed E-state index contributed by atoms with van der Waals surface area (Å²) >= 11 is 7.59. The quantitative estimate of drug-likeness (QED) is 0.772. The number of rotatable bonds is 3. The number of nitrogens with zero attached hydrogens (tertiary/aromatic N) is 3. The highest BCUT2D eigenvalue weighted by molar-refractivity contribution is 7.98. The number of halogens is 1. The average molecular weight is 240 g/mol. The van der Waals surface area contributed by atoms with Crippen molar-refractivity contribution >= 4 is 23.4 Å². The van der Waals surface area contributed by atoms with E-state index in [2.05, 4.69) is 9.97 Å². The van der Waals surface area contributed by atoms with E-state index < -0.39 is 0 Å². The lowest BCUT2D eigenvalue weighted by Gasteiger charge is -2.02. The molecule has 0 saturated heterocycles. The molecule has 0 N–H and O–H groups in total. The van der Waals surface area contributed by atoms with Gasteiger partial charge in [-0.2, -0.15) is 0 Å². The Morgan fingerprint density at radius 1 is 1.40 bits per heavy atom. The molecule has 2 aromatic heterocycles. The summed E-state index contributed by atoms with van der Waals surface area (Å²) < 4.78 is 1.99. The first-order valence-electron chi connectivity index (χ1n) is 4.47. The van der Waals surface area contributed by atoms with E-state index >= 15 is 0 Å². The summed E-state index contributed by atoms with van der Waals surface area (Å²) in [6.45, 7) is 0. The first kappa shape index (κ1) is 10.5. The summed E-state index contributed by atoms with van der Waals surface area (Å²) in [4.78, 5) is 8.43. The van der Waals surface area contributed by atoms with Crippen LogP contribution in [0.15, 0.2) is 35.7 Å². The highest BCUT2D eigenvalue weighted by Gasteiger charge is 2.04. The fraction of sp³-hybridized carbons (Fsp3) is 0.200. The van der Waals surface area contributed by atoms with Gasteiger partial charge in [0, 0.05) is 25.6 Å². The monoisotopic (exact) mass is 239 g/mol. The zero-order valence-corrected chi connectivity index (χ0v) is 9.79. The van der Waals surface area contributed by atoms with Crippen LogP contribution < -0.4 is 0 Å². The summed E-state index contributed by atoms with van der Waals surface area (Å²) in [7, 11) is 1.98. The van der Waals surface area contributed by atoms with Gasteiger partial charge in [0.2, 0.25) is 0 Å². The number of aryl methyl sites for hydroxylation is 1. The number of imidazole rings is 1. The Morgan fingerprint density at radius 2 is 2.27 bits per heavy atom. The fourth-order valence-corrected chi connectivity index (χ4v) is 2.32. The van der Waals surface area contributed by atoms with E-state index in [9.17, 15) is 0 Å². The van der Waals surface area contributed by atoms with Crippen molar-refractivity contribution in [3.05, 3.63) is 41.6 Å². The van der Waals surface area contributed by atoms with Crippen molar-refractivity contribution in [2.24, 2.45) is 7.05 Å². The highest BCUT2D eigenvalue weighted by Crippen LogP contribution is 2.26. The molecule has 5 heteroatoms. The lowest BCUT2D eigenvalue weighted by molar-refractivity contribution is 0.848. The number of aromatic nitrogens is 3. The topological polar surface area (TPSA) is 30.7 Å². The zero-order chi connectivity index (χ0) is 10.7. The van der Waals surface area contributed by atoms with Gasteiger partial charge in [-0.05, 0) is 12.1 Å². The molecule has 2 aromatic rings. The first-order valence-corrected chi connectivity index (χ1v) is 5.83. The van der Waals surface area contributed by atoms with Gasteiger partial charge < -0.3 is 4.57 Å². The van der Waals surface area contributed by atoms with Crippen LogP contribution in [0.3, 0.4) is 0 Å². The average Bonchev–Trinajstić information content (AvgIpc) is 2.63. The van der Waals surface area contributed by atoms with Crippen molar-refractivity contribution in [3.63, 3.8) is 0 Å². The number of pyridine rings is 1. The minimum atomic E-state index is 0.691. The molecule has 0 amide bonds. The molecule has 0 saturated carbocycles. The Morgan fingerprint density at radius 3 is 2.93 bits per heavy atom. The first-order chi connectivity index (χ1) is 7.27. The van der Waals surface area contributed by atoms with Crippen molar-refractivity contribution in [3.8, 4) is 0 Å². The van der Waals surface area contributed by atoms with Gasteiger partial charge in [0.15, 0.2) is 0 Å². The summed E-state index contributed by atoms with van der Waals surface area (Å²) in [6, 6.07) is 3.67. The molecule has 0 spiro atoms. The predicted molar refractivity (Wildman–Crippen MR) is 62.0 cm³/mol. The Balaban J connectivity index is 2.06. The molecule has 2 rings (SSSR count). The smallest absolute Gasteiger partial charge is 0.118 e. The molecule has 0 atom stereocenters. The molecule has 0 aliphatic heterocycles. The molecule has 0 aliphatic rings. The van der Waals surface area contributed by atoms with E-state index in [1.54, 1.807) is 24.2 Å². The van der Waals surface area contributed by atoms with E-state index in [0.29, 0.717) is 5.02 Å². The second-order valence-electron chi connectivity index (χ2n) is 3.03. The van der Waals surface area contributed by atoms with Gasteiger partial charge in [-0.3, -0.25) is 0 Å². The van der Waals surface area contributed by atoms with Crippen molar-refractivity contribution in [1.29, 1.82) is 0 Å². The van der Waals surface area contributed by atoms with Crippen molar-refractivity contribution in [2.45, 2.75) is 10.8 Å². The second kappa shape index (κ2) is 4.68. The molecular formula is C10H10ClN3S. The number of hydrogen-bond acceptors (Lipinski definition) is 3. The third kappa shape index (κ3) is 2.52. The van der Waals surface area contributed by atoms with Gasteiger partial charge in [0.1, 0.15) is 10.9 Å². The minimum Gasteiger partial charge on any atom is -0.337 e.